The summed E-state index contributed by atoms with van der Waals surface area (Å²) in [6, 6.07) is 8.35. The zero-order valence-corrected chi connectivity index (χ0v) is 17.8. The third kappa shape index (κ3) is 3.55. The number of halogens is 4. The first kappa shape index (κ1) is 21.3. The minimum Gasteiger partial charge on any atom is -0.492 e. The Bertz CT molecular complexity index is 1060. The van der Waals surface area contributed by atoms with E-state index < -0.39 is 11.7 Å². The SMILES string of the molecule is C[C@H](C(=O)N[C@H]1Cc2ccc(F)cc21)[C@H]1CC[C@]2(CC1)COc1cc(C(F)(F)F)ccc12. The molecule has 1 N–H and O–H groups in total. The summed E-state index contributed by atoms with van der Waals surface area (Å²) in [7, 11) is 0. The molecule has 2 aromatic rings. The van der Waals surface area contributed by atoms with Crippen LogP contribution in [0.1, 0.15) is 60.9 Å². The molecule has 2 atom stereocenters. The molecule has 5 rings (SSSR count). The molecule has 0 bridgehead atoms. The van der Waals surface area contributed by atoms with Gasteiger partial charge in [-0.3, -0.25) is 4.79 Å². The first-order valence-corrected chi connectivity index (χ1v) is 11.1. The summed E-state index contributed by atoms with van der Waals surface area (Å²) in [4.78, 5) is 12.8. The van der Waals surface area contributed by atoms with Crippen molar-refractivity contribution in [2.45, 2.75) is 56.7 Å². The highest BCUT2D eigenvalue weighted by Gasteiger charge is 2.46. The molecule has 3 aliphatic rings. The van der Waals surface area contributed by atoms with Gasteiger partial charge in [-0.15, -0.1) is 0 Å². The number of ether oxygens (including phenoxy) is 1. The maximum atomic E-state index is 13.5. The largest absolute Gasteiger partial charge is 0.492 e. The Morgan fingerprint density at radius 3 is 2.62 bits per heavy atom. The van der Waals surface area contributed by atoms with Crippen molar-refractivity contribution in [1.82, 2.24) is 5.32 Å². The average molecular weight is 447 g/mol. The van der Waals surface area contributed by atoms with Gasteiger partial charge in [0.25, 0.3) is 0 Å². The molecule has 0 radical (unpaired) electrons. The lowest BCUT2D eigenvalue weighted by atomic mass is 9.65. The van der Waals surface area contributed by atoms with Crippen molar-refractivity contribution in [3.8, 4) is 5.75 Å². The van der Waals surface area contributed by atoms with Gasteiger partial charge in [0.2, 0.25) is 5.91 Å². The van der Waals surface area contributed by atoms with Crippen molar-refractivity contribution in [2.24, 2.45) is 11.8 Å². The zero-order valence-electron chi connectivity index (χ0n) is 17.8. The fourth-order valence-electron chi connectivity index (χ4n) is 5.58. The van der Waals surface area contributed by atoms with E-state index in [4.69, 9.17) is 4.74 Å². The Kier molecular flexibility index (Phi) is 4.98. The van der Waals surface area contributed by atoms with E-state index in [0.717, 1.165) is 60.9 Å². The van der Waals surface area contributed by atoms with Gasteiger partial charge in [0.1, 0.15) is 11.6 Å². The summed E-state index contributed by atoms with van der Waals surface area (Å²) < 4.78 is 58.2. The normalized spacial score (nSPS) is 27.2. The van der Waals surface area contributed by atoms with Crippen molar-refractivity contribution in [2.75, 3.05) is 6.61 Å². The van der Waals surface area contributed by atoms with E-state index in [9.17, 15) is 22.4 Å². The van der Waals surface area contributed by atoms with Crippen LogP contribution in [-0.4, -0.2) is 12.5 Å². The van der Waals surface area contributed by atoms with Crippen LogP contribution in [0.5, 0.6) is 5.75 Å². The van der Waals surface area contributed by atoms with Gasteiger partial charge in [0, 0.05) is 16.9 Å². The van der Waals surface area contributed by atoms with Crippen LogP contribution in [-0.2, 0) is 22.8 Å². The minimum absolute atomic E-state index is 0.0243. The first-order chi connectivity index (χ1) is 15.2. The fraction of sp³-hybridized carbons (Fsp3) is 0.480. The van der Waals surface area contributed by atoms with E-state index in [0.29, 0.717) is 12.4 Å². The van der Waals surface area contributed by atoms with Crippen molar-refractivity contribution in [3.05, 3.63) is 64.5 Å². The topological polar surface area (TPSA) is 38.3 Å². The Morgan fingerprint density at radius 2 is 1.91 bits per heavy atom. The minimum atomic E-state index is -4.39. The highest BCUT2D eigenvalue weighted by atomic mass is 19.4. The molecule has 2 aliphatic carbocycles. The molecule has 1 spiro atoms. The second-order valence-electron chi connectivity index (χ2n) is 9.51. The van der Waals surface area contributed by atoms with Gasteiger partial charge < -0.3 is 10.1 Å². The molecule has 7 heteroatoms. The molecule has 0 saturated heterocycles. The summed E-state index contributed by atoms with van der Waals surface area (Å²) in [5, 5.41) is 3.06. The number of rotatable bonds is 3. The van der Waals surface area contributed by atoms with Gasteiger partial charge >= 0.3 is 6.18 Å². The van der Waals surface area contributed by atoms with Gasteiger partial charge in [-0.25, -0.2) is 4.39 Å². The molecule has 1 amide bonds. The van der Waals surface area contributed by atoms with Crippen LogP contribution < -0.4 is 10.1 Å². The summed E-state index contributed by atoms with van der Waals surface area (Å²) in [5.74, 6) is 0.0315. The van der Waals surface area contributed by atoms with Gasteiger partial charge in [0.15, 0.2) is 0 Å². The van der Waals surface area contributed by atoms with E-state index in [2.05, 4.69) is 5.32 Å². The van der Waals surface area contributed by atoms with E-state index >= 15 is 0 Å². The summed E-state index contributed by atoms with van der Waals surface area (Å²) in [5.41, 5.74) is 1.82. The van der Waals surface area contributed by atoms with E-state index in [1.54, 1.807) is 12.1 Å². The molecule has 2 aromatic carbocycles. The lowest BCUT2D eigenvalue weighted by Gasteiger charge is -2.39. The molecule has 0 unspecified atom stereocenters. The van der Waals surface area contributed by atoms with Crippen molar-refractivity contribution in [1.29, 1.82) is 0 Å². The van der Waals surface area contributed by atoms with Gasteiger partial charge in [-0.1, -0.05) is 19.1 Å². The molecule has 32 heavy (non-hydrogen) atoms. The van der Waals surface area contributed by atoms with Crippen LogP contribution >= 0.6 is 0 Å². The summed E-state index contributed by atoms with van der Waals surface area (Å²) >= 11 is 0. The molecular formula is C25H25F4NO2. The number of benzene rings is 2. The second kappa shape index (κ2) is 7.49. The molecule has 0 aromatic heterocycles. The second-order valence-corrected chi connectivity index (χ2v) is 9.51. The summed E-state index contributed by atoms with van der Waals surface area (Å²) in [6.07, 6.45) is -0.476. The lowest BCUT2D eigenvalue weighted by molar-refractivity contribution is -0.137. The number of amides is 1. The third-order valence-electron chi connectivity index (χ3n) is 7.72. The molecular weight excluding hydrogens is 422 g/mol. The predicted molar refractivity (Wildman–Crippen MR) is 111 cm³/mol. The van der Waals surface area contributed by atoms with Gasteiger partial charge in [0.05, 0.1) is 18.2 Å². The van der Waals surface area contributed by atoms with E-state index in [-0.39, 0.29) is 35.0 Å². The lowest BCUT2D eigenvalue weighted by Crippen LogP contribution is -2.42. The number of carbonyl (C=O) groups is 1. The van der Waals surface area contributed by atoms with Crippen LogP contribution in [0.2, 0.25) is 0 Å². The third-order valence-corrected chi connectivity index (χ3v) is 7.72. The Morgan fingerprint density at radius 1 is 1.16 bits per heavy atom. The molecule has 1 aliphatic heterocycles. The van der Waals surface area contributed by atoms with Crippen LogP contribution in [0.3, 0.4) is 0 Å². The van der Waals surface area contributed by atoms with Crippen molar-refractivity contribution < 1.29 is 27.1 Å². The van der Waals surface area contributed by atoms with Crippen molar-refractivity contribution in [3.63, 3.8) is 0 Å². The number of hydrogen-bond acceptors (Lipinski definition) is 2. The standard InChI is InChI=1S/C25H25F4NO2/c1-14(23(31)30-21-10-16-2-4-18(26)12-19(16)21)15-6-8-24(9-7-15)13-32-22-11-17(25(27,28)29)3-5-20(22)24/h2-5,11-12,14-15,21H,6-10,13H2,1H3,(H,30,31)/t14-,15-,21-,24-/m0/s1. The maximum Gasteiger partial charge on any atom is 0.416 e. The highest BCUT2D eigenvalue weighted by Crippen LogP contribution is 2.51. The smallest absolute Gasteiger partial charge is 0.416 e. The Hall–Kier alpha value is -2.57. The Labute approximate surface area is 184 Å². The van der Waals surface area contributed by atoms with Crippen LogP contribution in [0, 0.1) is 17.7 Å². The zero-order chi connectivity index (χ0) is 22.7. The van der Waals surface area contributed by atoms with Crippen LogP contribution in [0.25, 0.3) is 0 Å². The van der Waals surface area contributed by atoms with Gasteiger partial charge in [-0.05, 0) is 73.4 Å². The first-order valence-electron chi connectivity index (χ1n) is 11.1. The van der Waals surface area contributed by atoms with Gasteiger partial charge in [-0.2, -0.15) is 13.2 Å². The molecule has 170 valence electrons. The predicted octanol–water partition coefficient (Wildman–Crippen LogP) is 5.71. The highest BCUT2D eigenvalue weighted by molar-refractivity contribution is 5.79. The number of carbonyl (C=O) groups excluding carboxylic acids is 1. The van der Waals surface area contributed by atoms with E-state index in [1.165, 1.54) is 12.1 Å². The molecule has 1 fully saturated rings. The number of hydrogen-bond donors (Lipinski definition) is 1. The quantitative estimate of drug-likeness (QED) is 0.612. The van der Waals surface area contributed by atoms with E-state index in [1.807, 2.05) is 6.92 Å². The van der Waals surface area contributed by atoms with Crippen molar-refractivity contribution >= 4 is 5.91 Å². The number of fused-ring (bicyclic) bond motifs is 3. The fourth-order valence-corrected chi connectivity index (χ4v) is 5.58. The monoisotopic (exact) mass is 447 g/mol. The number of alkyl halides is 3. The van der Waals surface area contributed by atoms with Crippen LogP contribution in [0.4, 0.5) is 17.6 Å². The molecule has 1 heterocycles. The summed E-state index contributed by atoms with van der Waals surface area (Å²) in [6.45, 7) is 2.32. The number of nitrogens with one attached hydrogen (secondary N) is 1. The van der Waals surface area contributed by atoms with Crippen LogP contribution in [0.15, 0.2) is 36.4 Å². The average Bonchev–Trinajstić information content (AvgIpc) is 3.10. The molecule has 3 nitrogen and oxygen atoms in total. The maximum absolute atomic E-state index is 13.5. The molecule has 1 saturated carbocycles. The Balaban J connectivity index is 1.22.